The van der Waals surface area contributed by atoms with Gasteiger partial charge in [0.2, 0.25) is 5.95 Å². The molecule has 0 saturated heterocycles. The van der Waals surface area contributed by atoms with Crippen LogP contribution in [-0.4, -0.2) is 29.5 Å². The third kappa shape index (κ3) is 5.58. The van der Waals surface area contributed by atoms with Crippen LogP contribution in [0.1, 0.15) is 0 Å². The molecule has 9 heteroatoms. The molecular formula is C41H26N6O3. The van der Waals surface area contributed by atoms with E-state index in [1.165, 1.54) is 6.39 Å². The molecule has 4 aromatic carbocycles. The monoisotopic (exact) mass is 650 g/mol. The molecule has 238 valence electrons. The highest BCUT2D eigenvalue weighted by Gasteiger charge is 2.17. The van der Waals surface area contributed by atoms with Crippen LogP contribution in [0.25, 0.3) is 61.5 Å². The summed E-state index contributed by atoms with van der Waals surface area (Å²) in [6.45, 7) is 0. The van der Waals surface area contributed by atoms with Crippen LogP contribution in [0.3, 0.4) is 0 Å². The van der Waals surface area contributed by atoms with Gasteiger partial charge in [0.05, 0.1) is 22.4 Å². The van der Waals surface area contributed by atoms with Crippen LogP contribution in [-0.2, 0) is 0 Å². The Balaban J connectivity index is 1.13. The lowest BCUT2D eigenvalue weighted by atomic mass is 10.1. The number of oxazole rings is 1. The van der Waals surface area contributed by atoms with Crippen molar-refractivity contribution in [2.24, 2.45) is 0 Å². The maximum Gasteiger partial charge on any atom is 0.234 e. The second kappa shape index (κ2) is 12.5. The molecule has 0 amide bonds. The van der Waals surface area contributed by atoms with Gasteiger partial charge >= 0.3 is 0 Å². The molecule has 9 rings (SSSR count). The highest BCUT2D eigenvalue weighted by Crippen LogP contribution is 2.38. The molecule has 50 heavy (non-hydrogen) atoms. The quantitative estimate of drug-likeness (QED) is 0.160. The van der Waals surface area contributed by atoms with E-state index in [-0.39, 0.29) is 0 Å². The first-order chi connectivity index (χ1) is 24.7. The zero-order chi connectivity index (χ0) is 33.3. The van der Waals surface area contributed by atoms with Crippen LogP contribution in [0.5, 0.6) is 23.0 Å². The van der Waals surface area contributed by atoms with Gasteiger partial charge in [-0.1, -0.05) is 36.4 Å². The molecule has 0 saturated carbocycles. The summed E-state index contributed by atoms with van der Waals surface area (Å²) in [4.78, 5) is 22.8. The van der Waals surface area contributed by atoms with Gasteiger partial charge in [-0.05, 0) is 72.8 Å². The van der Waals surface area contributed by atoms with Crippen molar-refractivity contribution in [3.63, 3.8) is 0 Å². The van der Waals surface area contributed by atoms with Crippen LogP contribution >= 0.6 is 0 Å². The van der Waals surface area contributed by atoms with Gasteiger partial charge in [0, 0.05) is 64.4 Å². The van der Waals surface area contributed by atoms with E-state index in [4.69, 9.17) is 23.9 Å². The van der Waals surface area contributed by atoms with Gasteiger partial charge in [-0.3, -0.25) is 14.5 Å². The van der Waals surface area contributed by atoms with Crippen LogP contribution in [0.4, 0.5) is 0 Å². The third-order valence-corrected chi connectivity index (χ3v) is 8.34. The lowest BCUT2D eigenvalue weighted by Crippen LogP contribution is -2.01. The van der Waals surface area contributed by atoms with E-state index in [2.05, 4.69) is 27.1 Å². The van der Waals surface area contributed by atoms with Gasteiger partial charge in [-0.25, -0.2) is 15.0 Å². The third-order valence-electron chi connectivity index (χ3n) is 8.34. The molecule has 0 aliphatic heterocycles. The molecule has 0 bridgehead atoms. The van der Waals surface area contributed by atoms with E-state index in [1.807, 2.05) is 114 Å². The van der Waals surface area contributed by atoms with Crippen molar-refractivity contribution in [3.8, 4) is 62.7 Å². The van der Waals surface area contributed by atoms with Crippen molar-refractivity contribution >= 4 is 21.8 Å². The number of hydrogen-bond acceptors (Lipinski definition) is 8. The second-order valence-corrected chi connectivity index (χ2v) is 11.5. The molecule has 0 aliphatic carbocycles. The Labute approximate surface area is 286 Å². The zero-order valence-electron chi connectivity index (χ0n) is 26.4. The number of aromatic nitrogens is 6. The Morgan fingerprint density at radius 3 is 1.52 bits per heavy atom. The van der Waals surface area contributed by atoms with Crippen molar-refractivity contribution in [3.05, 3.63) is 159 Å². The van der Waals surface area contributed by atoms with E-state index in [0.29, 0.717) is 34.6 Å². The fourth-order valence-electron chi connectivity index (χ4n) is 6.02. The van der Waals surface area contributed by atoms with Gasteiger partial charge in [-0.15, -0.1) is 0 Å². The standard InChI is InChI=1S/C41H26N6O3/c1-3-17-42-36(11-1)27-7-5-9-30(19-27)49-32-13-15-34-35-16-14-33(50-31-10-6-8-28(20-31)37-12-2-4-18-43-37)22-40(35)47(39(34)21-32)41-44-23-29(24-45-41)38-25-48-26-46-38/h1-26H. The van der Waals surface area contributed by atoms with Gasteiger partial charge in [0.1, 0.15) is 35.0 Å². The molecule has 9 aromatic rings. The summed E-state index contributed by atoms with van der Waals surface area (Å²) < 4.78 is 20.0. The Morgan fingerprint density at radius 1 is 0.460 bits per heavy atom. The number of hydrogen-bond donors (Lipinski definition) is 0. The van der Waals surface area contributed by atoms with Gasteiger partial charge in [-0.2, -0.15) is 0 Å². The SMILES string of the molecule is c1ccc(-c2cccc(Oc3ccc4c5ccc(Oc6cccc(-c7ccccn7)c6)cc5n(-c5ncc(-c6cocn6)cn5)c4c3)c2)nc1. The van der Waals surface area contributed by atoms with Crippen LogP contribution in [0.15, 0.2) is 163 Å². The molecular weight excluding hydrogens is 624 g/mol. The first kappa shape index (κ1) is 29.0. The van der Waals surface area contributed by atoms with E-state index >= 15 is 0 Å². The molecule has 0 fully saturated rings. The fraction of sp³-hybridized carbons (Fsp3) is 0. The molecule has 0 N–H and O–H groups in total. The number of benzene rings is 4. The molecule has 0 aliphatic rings. The van der Waals surface area contributed by atoms with Crippen molar-refractivity contribution in [1.29, 1.82) is 0 Å². The largest absolute Gasteiger partial charge is 0.457 e. The fourth-order valence-corrected chi connectivity index (χ4v) is 6.02. The topological polar surface area (TPSA) is 101 Å². The lowest BCUT2D eigenvalue weighted by molar-refractivity contribution is 0.483. The number of nitrogens with zero attached hydrogens (tertiary/aromatic N) is 6. The van der Waals surface area contributed by atoms with E-state index in [1.54, 1.807) is 31.1 Å². The smallest absolute Gasteiger partial charge is 0.234 e. The highest BCUT2D eigenvalue weighted by molar-refractivity contribution is 6.09. The Morgan fingerprint density at radius 2 is 1.02 bits per heavy atom. The average molecular weight is 651 g/mol. The first-order valence-electron chi connectivity index (χ1n) is 15.9. The highest BCUT2D eigenvalue weighted by atomic mass is 16.5. The van der Waals surface area contributed by atoms with Gasteiger partial charge in [0.15, 0.2) is 6.39 Å². The summed E-state index contributed by atoms with van der Waals surface area (Å²) in [5.74, 6) is 3.23. The van der Waals surface area contributed by atoms with Crippen molar-refractivity contribution < 1.29 is 13.9 Å². The van der Waals surface area contributed by atoms with Crippen molar-refractivity contribution in [1.82, 2.24) is 29.5 Å². The molecule has 0 unspecified atom stereocenters. The molecule has 5 heterocycles. The van der Waals surface area contributed by atoms with E-state index in [9.17, 15) is 0 Å². The second-order valence-electron chi connectivity index (χ2n) is 11.5. The summed E-state index contributed by atoms with van der Waals surface area (Å²) in [6.07, 6.45) is 10.0. The van der Waals surface area contributed by atoms with E-state index < -0.39 is 0 Å². The Hall–Kier alpha value is -7.13. The first-order valence-corrected chi connectivity index (χ1v) is 15.9. The normalized spacial score (nSPS) is 11.2. The van der Waals surface area contributed by atoms with Crippen molar-refractivity contribution in [2.75, 3.05) is 0 Å². The predicted octanol–water partition coefficient (Wildman–Crippen LogP) is 9.94. The average Bonchev–Trinajstić information content (AvgIpc) is 3.83. The summed E-state index contributed by atoms with van der Waals surface area (Å²) >= 11 is 0. The van der Waals surface area contributed by atoms with Gasteiger partial charge in [0.25, 0.3) is 0 Å². The maximum absolute atomic E-state index is 6.42. The molecule has 9 nitrogen and oxygen atoms in total. The maximum atomic E-state index is 6.42. The van der Waals surface area contributed by atoms with Gasteiger partial charge < -0.3 is 13.9 Å². The number of fused-ring (bicyclic) bond motifs is 3. The Bertz CT molecular complexity index is 2450. The summed E-state index contributed by atoms with van der Waals surface area (Å²) in [7, 11) is 0. The summed E-state index contributed by atoms with van der Waals surface area (Å²) in [5, 5.41) is 2.03. The predicted molar refractivity (Wildman–Crippen MR) is 191 cm³/mol. The number of pyridine rings is 2. The lowest BCUT2D eigenvalue weighted by Gasteiger charge is -2.10. The summed E-state index contributed by atoms with van der Waals surface area (Å²) in [5.41, 5.74) is 6.85. The minimum absolute atomic E-state index is 0.487. The molecule has 5 aromatic heterocycles. The minimum Gasteiger partial charge on any atom is -0.457 e. The van der Waals surface area contributed by atoms with E-state index in [0.717, 1.165) is 49.9 Å². The number of ether oxygens (including phenoxy) is 2. The zero-order valence-corrected chi connectivity index (χ0v) is 26.4. The van der Waals surface area contributed by atoms with Crippen LogP contribution in [0, 0.1) is 0 Å². The molecule has 0 radical (unpaired) electrons. The summed E-state index contributed by atoms with van der Waals surface area (Å²) in [6, 6.07) is 39.6. The minimum atomic E-state index is 0.487. The molecule has 0 atom stereocenters. The van der Waals surface area contributed by atoms with Crippen molar-refractivity contribution in [2.45, 2.75) is 0 Å². The van der Waals surface area contributed by atoms with Crippen LogP contribution in [0.2, 0.25) is 0 Å². The number of rotatable bonds is 8. The van der Waals surface area contributed by atoms with Crippen LogP contribution < -0.4 is 9.47 Å². The molecule has 0 spiro atoms. The Kier molecular flexibility index (Phi) is 7.25.